The summed E-state index contributed by atoms with van der Waals surface area (Å²) in [5, 5.41) is 13.6. The molecule has 0 spiro atoms. The summed E-state index contributed by atoms with van der Waals surface area (Å²) in [6.45, 7) is 6.03. The Hall–Kier alpha value is -0.450. The second-order valence-corrected chi connectivity index (χ2v) is 5.89. The molecule has 4 heteroatoms. The predicted octanol–water partition coefficient (Wildman–Crippen LogP) is 2.31. The third-order valence-corrected chi connectivity index (χ3v) is 3.91. The first-order valence-electron chi connectivity index (χ1n) is 5.76. The van der Waals surface area contributed by atoms with Crippen LogP contribution in [0, 0.1) is 6.92 Å². The monoisotopic (exact) mass is 241 g/mol. The lowest BCUT2D eigenvalue weighted by atomic mass is 9.85. The number of nitrogens with zero attached hydrogens (tertiary/aromatic N) is 1. The molecule has 1 aliphatic rings. The van der Waals surface area contributed by atoms with E-state index >= 15 is 0 Å². The molecule has 1 N–H and O–H groups in total. The number of aromatic nitrogens is 1. The minimum Gasteiger partial charge on any atom is -0.389 e. The maximum Gasteiger partial charge on any atom is 0.0956 e. The SMILES string of the molecule is Cc1csc(CC2(O)CC(C)OC(C)C2)n1. The predicted molar refractivity (Wildman–Crippen MR) is 64.7 cm³/mol. The molecule has 1 aromatic heterocycles. The number of ether oxygens (including phenoxy) is 1. The van der Waals surface area contributed by atoms with Crippen LogP contribution in [-0.4, -0.2) is 27.9 Å². The number of aliphatic hydroxyl groups is 1. The van der Waals surface area contributed by atoms with Crippen LogP contribution in [0.4, 0.5) is 0 Å². The second-order valence-electron chi connectivity index (χ2n) is 4.95. The van der Waals surface area contributed by atoms with E-state index in [1.807, 2.05) is 26.2 Å². The molecule has 3 nitrogen and oxygen atoms in total. The summed E-state index contributed by atoms with van der Waals surface area (Å²) < 4.78 is 5.65. The van der Waals surface area contributed by atoms with E-state index in [-0.39, 0.29) is 12.2 Å². The van der Waals surface area contributed by atoms with Crippen LogP contribution in [0.5, 0.6) is 0 Å². The van der Waals surface area contributed by atoms with E-state index in [4.69, 9.17) is 4.74 Å². The van der Waals surface area contributed by atoms with Gasteiger partial charge in [0.15, 0.2) is 0 Å². The van der Waals surface area contributed by atoms with Crippen LogP contribution in [0.15, 0.2) is 5.38 Å². The van der Waals surface area contributed by atoms with Gasteiger partial charge >= 0.3 is 0 Å². The largest absolute Gasteiger partial charge is 0.389 e. The van der Waals surface area contributed by atoms with Crippen molar-refractivity contribution in [3.63, 3.8) is 0 Å². The highest BCUT2D eigenvalue weighted by Crippen LogP contribution is 2.32. The quantitative estimate of drug-likeness (QED) is 0.864. The van der Waals surface area contributed by atoms with Gasteiger partial charge in [0.25, 0.3) is 0 Å². The zero-order valence-corrected chi connectivity index (χ0v) is 10.9. The average molecular weight is 241 g/mol. The zero-order chi connectivity index (χ0) is 11.8. The van der Waals surface area contributed by atoms with Crippen molar-refractivity contribution in [2.75, 3.05) is 0 Å². The van der Waals surface area contributed by atoms with Gasteiger partial charge in [0.05, 0.1) is 22.8 Å². The summed E-state index contributed by atoms with van der Waals surface area (Å²) in [5.41, 5.74) is 0.401. The van der Waals surface area contributed by atoms with Crippen molar-refractivity contribution < 1.29 is 9.84 Å². The molecule has 90 valence electrons. The van der Waals surface area contributed by atoms with Crippen LogP contribution in [-0.2, 0) is 11.2 Å². The first kappa shape index (κ1) is 12.0. The van der Waals surface area contributed by atoms with Gasteiger partial charge in [-0.1, -0.05) is 0 Å². The normalized spacial score (nSPS) is 35.2. The van der Waals surface area contributed by atoms with Gasteiger partial charge in [-0.05, 0) is 20.8 Å². The van der Waals surface area contributed by atoms with Crippen molar-refractivity contribution in [1.29, 1.82) is 0 Å². The van der Waals surface area contributed by atoms with Crippen molar-refractivity contribution in [3.05, 3.63) is 16.1 Å². The maximum absolute atomic E-state index is 10.6. The van der Waals surface area contributed by atoms with Gasteiger partial charge in [-0.25, -0.2) is 4.98 Å². The highest BCUT2D eigenvalue weighted by molar-refractivity contribution is 7.09. The molecular formula is C12H19NO2S. The molecule has 1 saturated heterocycles. The van der Waals surface area contributed by atoms with Crippen LogP contribution in [0.2, 0.25) is 0 Å². The van der Waals surface area contributed by atoms with Crippen LogP contribution in [0.1, 0.15) is 37.4 Å². The third-order valence-electron chi connectivity index (χ3n) is 2.95. The van der Waals surface area contributed by atoms with Crippen molar-refractivity contribution in [3.8, 4) is 0 Å². The molecule has 2 unspecified atom stereocenters. The van der Waals surface area contributed by atoms with Gasteiger partial charge in [0, 0.05) is 30.3 Å². The topological polar surface area (TPSA) is 42.4 Å². The van der Waals surface area contributed by atoms with Crippen LogP contribution in [0.25, 0.3) is 0 Å². The molecule has 0 aliphatic carbocycles. The fourth-order valence-electron chi connectivity index (χ4n) is 2.56. The van der Waals surface area contributed by atoms with Crippen molar-refractivity contribution in [2.45, 2.75) is 57.8 Å². The molecule has 16 heavy (non-hydrogen) atoms. The Morgan fingerprint density at radius 2 is 2.12 bits per heavy atom. The Morgan fingerprint density at radius 1 is 1.50 bits per heavy atom. The maximum atomic E-state index is 10.6. The highest BCUT2D eigenvalue weighted by atomic mass is 32.1. The molecule has 0 radical (unpaired) electrons. The zero-order valence-electron chi connectivity index (χ0n) is 10.1. The first-order valence-corrected chi connectivity index (χ1v) is 6.64. The van der Waals surface area contributed by atoms with E-state index in [0.717, 1.165) is 10.7 Å². The molecule has 2 rings (SSSR count). The molecule has 2 atom stereocenters. The fraction of sp³-hybridized carbons (Fsp3) is 0.750. The van der Waals surface area contributed by atoms with Gasteiger partial charge in [-0.2, -0.15) is 0 Å². The van der Waals surface area contributed by atoms with E-state index in [9.17, 15) is 5.11 Å². The number of rotatable bonds is 2. The molecule has 1 aliphatic heterocycles. The van der Waals surface area contributed by atoms with Gasteiger partial charge < -0.3 is 9.84 Å². The van der Waals surface area contributed by atoms with Crippen LogP contribution in [0.3, 0.4) is 0 Å². The fourth-order valence-corrected chi connectivity index (χ4v) is 3.46. The van der Waals surface area contributed by atoms with E-state index in [0.29, 0.717) is 19.3 Å². The average Bonchev–Trinajstić information content (AvgIpc) is 2.47. The van der Waals surface area contributed by atoms with Crippen LogP contribution >= 0.6 is 11.3 Å². The summed E-state index contributed by atoms with van der Waals surface area (Å²) in [6, 6.07) is 0. The smallest absolute Gasteiger partial charge is 0.0956 e. The lowest BCUT2D eigenvalue weighted by molar-refractivity contribution is -0.130. The number of aryl methyl sites for hydroxylation is 1. The standard InChI is InChI=1S/C12H19NO2S/c1-8-7-16-11(13-8)6-12(14)4-9(2)15-10(3)5-12/h7,9-10,14H,4-6H2,1-3H3. The molecule has 1 aromatic rings. The minimum atomic E-state index is -0.638. The second kappa shape index (κ2) is 4.43. The molecule has 1 fully saturated rings. The summed E-state index contributed by atoms with van der Waals surface area (Å²) in [6.07, 6.45) is 2.33. The Labute approximate surface area is 100 Å². The summed E-state index contributed by atoms with van der Waals surface area (Å²) in [7, 11) is 0. The lowest BCUT2D eigenvalue weighted by Gasteiger charge is -2.38. The lowest BCUT2D eigenvalue weighted by Crippen LogP contribution is -2.44. The Bertz CT molecular complexity index is 354. The Morgan fingerprint density at radius 3 is 2.62 bits per heavy atom. The van der Waals surface area contributed by atoms with E-state index in [2.05, 4.69) is 4.98 Å². The van der Waals surface area contributed by atoms with Crippen molar-refractivity contribution >= 4 is 11.3 Å². The third kappa shape index (κ3) is 2.81. The summed E-state index contributed by atoms with van der Waals surface area (Å²) in [4.78, 5) is 4.42. The number of hydrogen-bond acceptors (Lipinski definition) is 4. The van der Waals surface area contributed by atoms with Gasteiger partial charge in [-0.3, -0.25) is 0 Å². The molecule has 0 saturated carbocycles. The Kier molecular flexibility index (Phi) is 3.33. The summed E-state index contributed by atoms with van der Waals surface area (Å²) >= 11 is 1.63. The molecular weight excluding hydrogens is 222 g/mol. The van der Waals surface area contributed by atoms with Gasteiger partial charge in [0.1, 0.15) is 0 Å². The van der Waals surface area contributed by atoms with E-state index < -0.39 is 5.60 Å². The molecule has 2 heterocycles. The van der Waals surface area contributed by atoms with Gasteiger partial charge in [0.2, 0.25) is 0 Å². The van der Waals surface area contributed by atoms with E-state index in [1.165, 1.54) is 0 Å². The van der Waals surface area contributed by atoms with Crippen molar-refractivity contribution in [2.24, 2.45) is 0 Å². The van der Waals surface area contributed by atoms with Gasteiger partial charge in [-0.15, -0.1) is 11.3 Å². The van der Waals surface area contributed by atoms with E-state index in [1.54, 1.807) is 11.3 Å². The number of hydrogen-bond donors (Lipinski definition) is 1. The minimum absolute atomic E-state index is 0.134. The molecule has 0 amide bonds. The first-order chi connectivity index (χ1) is 7.47. The molecule has 0 bridgehead atoms. The van der Waals surface area contributed by atoms with Crippen LogP contribution < -0.4 is 0 Å². The number of thiazole rings is 1. The molecule has 0 aromatic carbocycles. The Balaban J connectivity index is 2.07. The van der Waals surface area contributed by atoms with Crippen molar-refractivity contribution in [1.82, 2.24) is 4.98 Å². The summed E-state index contributed by atoms with van der Waals surface area (Å²) in [5.74, 6) is 0. The highest BCUT2D eigenvalue weighted by Gasteiger charge is 2.37.